The Morgan fingerprint density at radius 3 is 2.61 bits per heavy atom. The fraction of sp³-hybridized carbons (Fsp3) is 0.833. The highest BCUT2D eigenvalue weighted by Gasteiger charge is 2.43. The molecule has 18 heavy (non-hydrogen) atoms. The highest BCUT2D eigenvalue weighted by atomic mass is 16.7. The molecule has 1 aliphatic rings. The van der Waals surface area contributed by atoms with Crippen molar-refractivity contribution in [1.29, 1.82) is 0 Å². The Hall–Kier alpha value is -1.14. The van der Waals surface area contributed by atoms with Crippen LogP contribution in [0, 0.1) is 0 Å². The number of ether oxygens (including phenoxy) is 3. The van der Waals surface area contributed by atoms with Crippen LogP contribution in [0.15, 0.2) is 0 Å². The summed E-state index contributed by atoms with van der Waals surface area (Å²) in [5, 5.41) is 2.87. The van der Waals surface area contributed by atoms with E-state index >= 15 is 0 Å². The van der Waals surface area contributed by atoms with Crippen molar-refractivity contribution < 1.29 is 23.8 Å². The van der Waals surface area contributed by atoms with Crippen LogP contribution >= 0.6 is 0 Å². The molecule has 104 valence electrons. The highest BCUT2D eigenvalue weighted by Crippen LogP contribution is 2.38. The van der Waals surface area contributed by atoms with Crippen LogP contribution in [0.1, 0.15) is 32.6 Å². The molecule has 1 fully saturated rings. The summed E-state index contributed by atoms with van der Waals surface area (Å²) in [6.07, 6.45) is 2.38. The average Bonchev–Trinajstić information content (AvgIpc) is 3.05. The van der Waals surface area contributed by atoms with Crippen LogP contribution in [-0.4, -0.2) is 44.5 Å². The van der Waals surface area contributed by atoms with Crippen LogP contribution in [0.3, 0.4) is 0 Å². The van der Waals surface area contributed by atoms with Crippen LogP contribution in [0.25, 0.3) is 0 Å². The number of carbonyl (C=O) groups excluding carboxylic acids is 2. The third-order valence-corrected chi connectivity index (χ3v) is 2.79. The van der Waals surface area contributed by atoms with Gasteiger partial charge in [-0.15, -0.1) is 0 Å². The summed E-state index contributed by atoms with van der Waals surface area (Å²) in [5.74, 6) is -0.765. The zero-order chi connectivity index (χ0) is 13.4. The van der Waals surface area contributed by atoms with Gasteiger partial charge in [-0.2, -0.15) is 0 Å². The van der Waals surface area contributed by atoms with Crippen LogP contribution in [0.5, 0.6) is 0 Å². The standard InChI is InChI=1S/C12H21NO5/c1-3-18-11(15)8-10(14)13-12(4-5-12)6-7-17-9-16-2/h3-9H2,1-2H3,(H,13,14). The maximum Gasteiger partial charge on any atom is 0.315 e. The third-order valence-electron chi connectivity index (χ3n) is 2.79. The number of hydrogen-bond donors (Lipinski definition) is 1. The van der Waals surface area contributed by atoms with Crippen molar-refractivity contribution in [2.75, 3.05) is 27.1 Å². The Morgan fingerprint density at radius 2 is 2.06 bits per heavy atom. The first-order valence-electron chi connectivity index (χ1n) is 6.15. The van der Waals surface area contributed by atoms with E-state index in [1.165, 1.54) is 0 Å². The second-order valence-corrected chi connectivity index (χ2v) is 4.38. The molecule has 0 saturated heterocycles. The lowest BCUT2D eigenvalue weighted by Crippen LogP contribution is -2.38. The SMILES string of the molecule is CCOC(=O)CC(=O)NC1(CCOCOC)CC1. The number of esters is 1. The normalized spacial score (nSPS) is 16.1. The summed E-state index contributed by atoms with van der Waals surface area (Å²) in [6, 6.07) is 0. The van der Waals surface area contributed by atoms with Crippen LogP contribution < -0.4 is 5.32 Å². The molecule has 1 saturated carbocycles. The molecule has 1 amide bonds. The van der Waals surface area contributed by atoms with Gasteiger partial charge in [0.05, 0.1) is 13.2 Å². The molecule has 6 heteroatoms. The molecule has 0 aromatic heterocycles. The number of methoxy groups -OCH3 is 1. The molecule has 1 rings (SSSR count). The minimum Gasteiger partial charge on any atom is -0.466 e. The Morgan fingerprint density at radius 1 is 1.33 bits per heavy atom. The molecule has 0 aromatic carbocycles. The van der Waals surface area contributed by atoms with Gasteiger partial charge in [-0.25, -0.2) is 0 Å². The molecule has 0 spiro atoms. The van der Waals surface area contributed by atoms with Crippen molar-refractivity contribution >= 4 is 11.9 Å². The Balaban J connectivity index is 2.20. The van der Waals surface area contributed by atoms with Crippen molar-refractivity contribution in [1.82, 2.24) is 5.32 Å². The second kappa shape index (κ2) is 7.33. The van der Waals surface area contributed by atoms with Gasteiger partial charge in [-0.3, -0.25) is 9.59 Å². The quantitative estimate of drug-likeness (QED) is 0.284. The van der Waals surface area contributed by atoms with Gasteiger partial charge in [-0.1, -0.05) is 0 Å². The lowest BCUT2D eigenvalue weighted by Gasteiger charge is -2.17. The summed E-state index contributed by atoms with van der Waals surface area (Å²) < 4.78 is 14.7. The predicted octanol–water partition coefficient (Wildman–Crippen LogP) is 0.599. The zero-order valence-corrected chi connectivity index (χ0v) is 11.0. The summed E-state index contributed by atoms with van der Waals surface area (Å²) in [7, 11) is 1.56. The minimum atomic E-state index is -0.485. The highest BCUT2D eigenvalue weighted by molar-refractivity contribution is 5.94. The molecule has 0 aromatic rings. The van der Waals surface area contributed by atoms with Gasteiger partial charge in [0, 0.05) is 12.6 Å². The van der Waals surface area contributed by atoms with E-state index in [-0.39, 0.29) is 24.7 Å². The van der Waals surface area contributed by atoms with Crippen molar-refractivity contribution in [2.24, 2.45) is 0 Å². The third kappa shape index (κ3) is 5.46. The van der Waals surface area contributed by atoms with E-state index in [0.717, 1.165) is 19.3 Å². The van der Waals surface area contributed by atoms with Gasteiger partial charge >= 0.3 is 5.97 Å². The topological polar surface area (TPSA) is 73.9 Å². The number of hydrogen-bond acceptors (Lipinski definition) is 5. The molecule has 0 heterocycles. The summed E-state index contributed by atoms with van der Waals surface area (Å²) >= 11 is 0. The Kier molecular flexibility index (Phi) is 6.07. The first-order valence-corrected chi connectivity index (χ1v) is 6.15. The van der Waals surface area contributed by atoms with Gasteiger partial charge < -0.3 is 19.5 Å². The van der Waals surface area contributed by atoms with Crippen molar-refractivity contribution in [3.8, 4) is 0 Å². The second-order valence-electron chi connectivity index (χ2n) is 4.38. The van der Waals surface area contributed by atoms with Gasteiger partial charge in [0.2, 0.25) is 5.91 Å². The number of rotatable bonds is 9. The van der Waals surface area contributed by atoms with Crippen molar-refractivity contribution in [3.05, 3.63) is 0 Å². The lowest BCUT2D eigenvalue weighted by molar-refractivity contribution is -0.146. The van der Waals surface area contributed by atoms with E-state index in [2.05, 4.69) is 5.32 Å². The first-order chi connectivity index (χ1) is 8.62. The first kappa shape index (κ1) is 14.9. The van der Waals surface area contributed by atoms with E-state index in [1.54, 1.807) is 14.0 Å². The molecule has 0 aliphatic heterocycles. The Labute approximate surface area is 107 Å². The summed E-state index contributed by atoms with van der Waals surface area (Å²) in [6.45, 7) is 2.80. The van der Waals surface area contributed by atoms with Crippen LogP contribution in [0.2, 0.25) is 0 Å². The van der Waals surface area contributed by atoms with E-state index in [9.17, 15) is 9.59 Å². The van der Waals surface area contributed by atoms with Gasteiger partial charge in [0.15, 0.2) is 0 Å². The number of amides is 1. The van der Waals surface area contributed by atoms with E-state index in [4.69, 9.17) is 14.2 Å². The predicted molar refractivity (Wildman–Crippen MR) is 63.8 cm³/mol. The summed E-state index contributed by atoms with van der Waals surface area (Å²) in [5.41, 5.74) is -0.183. The number of carbonyl (C=O) groups is 2. The molecule has 0 unspecified atom stereocenters. The largest absolute Gasteiger partial charge is 0.466 e. The fourth-order valence-corrected chi connectivity index (χ4v) is 1.68. The van der Waals surface area contributed by atoms with Crippen LogP contribution in [-0.2, 0) is 23.8 Å². The molecule has 1 aliphatic carbocycles. The van der Waals surface area contributed by atoms with Crippen molar-refractivity contribution in [2.45, 2.75) is 38.1 Å². The molecule has 0 atom stereocenters. The molecule has 6 nitrogen and oxygen atoms in total. The van der Waals surface area contributed by atoms with E-state index < -0.39 is 5.97 Å². The summed E-state index contributed by atoms with van der Waals surface area (Å²) in [4.78, 5) is 22.7. The van der Waals surface area contributed by atoms with Crippen LogP contribution in [0.4, 0.5) is 0 Å². The maximum absolute atomic E-state index is 11.6. The molecule has 0 radical (unpaired) electrons. The van der Waals surface area contributed by atoms with Gasteiger partial charge in [0.25, 0.3) is 0 Å². The van der Waals surface area contributed by atoms with Crippen molar-refractivity contribution in [3.63, 3.8) is 0 Å². The molecular weight excluding hydrogens is 238 g/mol. The monoisotopic (exact) mass is 259 g/mol. The molecule has 1 N–H and O–H groups in total. The van der Waals surface area contributed by atoms with E-state index in [1.807, 2.05) is 0 Å². The average molecular weight is 259 g/mol. The zero-order valence-electron chi connectivity index (χ0n) is 11.0. The molecular formula is C12H21NO5. The van der Waals surface area contributed by atoms with Gasteiger partial charge in [-0.05, 0) is 26.2 Å². The number of nitrogens with one attached hydrogen (secondary N) is 1. The van der Waals surface area contributed by atoms with E-state index in [0.29, 0.717) is 13.2 Å². The lowest BCUT2D eigenvalue weighted by atomic mass is 10.2. The van der Waals surface area contributed by atoms with Gasteiger partial charge in [0.1, 0.15) is 13.2 Å². The maximum atomic E-state index is 11.6. The molecule has 0 bridgehead atoms. The fourth-order valence-electron chi connectivity index (χ4n) is 1.68. The minimum absolute atomic E-state index is 0.183. The smallest absolute Gasteiger partial charge is 0.315 e. The Bertz CT molecular complexity index is 288.